The molecule has 4 nitrogen and oxygen atoms in total. The van der Waals surface area contributed by atoms with Gasteiger partial charge in [-0.05, 0) is 24.1 Å². The fourth-order valence-electron chi connectivity index (χ4n) is 1.93. The van der Waals surface area contributed by atoms with Crippen LogP contribution in [0.2, 0.25) is 0 Å². The van der Waals surface area contributed by atoms with Crippen molar-refractivity contribution in [1.82, 2.24) is 9.97 Å². The molecule has 0 atom stereocenters. The Morgan fingerprint density at radius 3 is 2.38 bits per heavy atom. The third kappa shape index (κ3) is 4.41. The molecule has 0 amide bonds. The number of rotatable bonds is 6. The molecule has 2 aromatic rings. The van der Waals surface area contributed by atoms with Crippen LogP contribution in [0, 0.1) is 5.82 Å². The molecular weight excluding hydrogens is 267 g/mol. The standard InChI is InChI=1S/C16H21FN4/c1-11(2)16-20-14(18-3)10-15(21-16)19-9-8-12-4-6-13(17)7-5-12/h4-7,10-11H,8-9H2,1-3H3,(H2,18,19,20,21). The van der Waals surface area contributed by atoms with E-state index in [9.17, 15) is 4.39 Å². The quantitative estimate of drug-likeness (QED) is 0.855. The minimum Gasteiger partial charge on any atom is -0.373 e. The van der Waals surface area contributed by atoms with E-state index in [1.165, 1.54) is 12.1 Å². The zero-order valence-electron chi connectivity index (χ0n) is 12.7. The van der Waals surface area contributed by atoms with Crippen LogP contribution in [0.25, 0.3) is 0 Å². The molecule has 0 fully saturated rings. The Hall–Kier alpha value is -2.17. The molecule has 1 aromatic heterocycles. The van der Waals surface area contributed by atoms with Gasteiger partial charge in [-0.25, -0.2) is 14.4 Å². The number of hydrogen-bond donors (Lipinski definition) is 2. The molecular formula is C16H21FN4. The maximum absolute atomic E-state index is 12.8. The summed E-state index contributed by atoms with van der Waals surface area (Å²) in [6, 6.07) is 8.45. The van der Waals surface area contributed by atoms with E-state index >= 15 is 0 Å². The van der Waals surface area contributed by atoms with Crippen molar-refractivity contribution in [1.29, 1.82) is 0 Å². The molecule has 112 valence electrons. The van der Waals surface area contributed by atoms with Gasteiger partial charge in [-0.1, -0.05) is 26.0 Å². The van der Waals surface area contributed by atoms with Gasteiger partial charge in [0.15, 0.2) is 0 Å². The molecule has 2 rings (SSSR count). The van der Waals surface area contributed by atoms with Crippen molar-refractivity contribution < 1.29 is 4.39 Å². The second-order valence-electron chi connectivity index (χ2n) is 5.20. The Morgan fingerprint density at radius 1 is 1.10 bits per heavy atom. The number of anilines is 2. The van der Waals surface area contributed by atoms with Gasteiger partial charge in [0.1, 0.15) is 23.3 Å². The summed E-state index contributed by atoms with van der Waals surface area (Å²) in [5, 5.41) is 6.34. The molecule has 0 saturated heterocycles. The normalized spacial score (nSPS) is 10.7. The summed E-state index contributed by atoms with van der Waals surface area (Å²) >= 11 is 0. The number of aromatic nitrogens is 2. The van der Waals surface area contributed by atoms with Crippen LogP contribution in [0.3, 0.4) is 0 Å². The minimum atomic E-state index is -0.206. The van der Waals surface area contributed by atoms with Gasteiger partial charge in [0.25, 0.3) is 0 Å². The maximum atomic E-state index is 12.8. The predicted octanol–water partition coefficient (Wildman–Crippen LogP) is 3.44. The molecule has 5 heteroatoms. The van der Waals surface area contributed by atoms with Gasteiger partial charge >= 0.3 is 0 Å². The van der Waals surface area contributed by atoms with E-state index in [4.69, 9.17) is 0 Å². The molecule has 1 heterocycles. The summed E-state index contributed by atoms with van der Waals surface area (Å²) in [6.07, 6.45) is 0.816. The van der Waals surface area contributed by atoms with Gasteiger partial charge in [-0.2, -0.15) is 0 Å². The van der Waals surface area contributed by atoms with Gasteiger partial charge in [0.2, 0.25) is 0 Å². The molecule has 0 radical (unpaired) electrons. The van der Waals surface area contributed by atoms with Crippen LogP contribution in [0.4, 0.5) is 16.0 Å². The van der Waals surface area contributed by atoms with Gasteiger partial charge in [0.05, 0.1) is 0 Å². The molecule has 0 saturated carbocycles. The predicted molar refractivity (Wildman–Crippen MR) is 84.3 cm³/mol. The monoisotopic (exact) mass is 288 g/mol. The molecule has 1 aromatic carbocycles. The smallest absolute Gasteiger partial charge is 0.135 e. The van der Waals surface area contributed by atoms with Crippen molar-refractivity contribution in [2.75, 3.05) is 24.2 Å². The third-order valence-corrected chi connectivity index (χ3v) is 3.15. The van der Waals surface area contributed by atoms with E-state index in [2.05, 4.69) is 34.4 Å². The summed E-state index contributed by atoms with van der Waals surface area (Å²) < 4.78 is 12.8. The summed E-state index contributed by atoms with van der Waals surface area (Å²) in [4.78, 5) is 8.93. The van der Waals surface area contributed by atoms with Crippen molar-refractivity contribution in [3.05, 3.63) is 47.5 Å². The highest BCUT2D eigenvalue weighted by atomic mass is 19.1. The fourth-order valence-corrected chi connectivity index (χ4v) is 1.93. The SMILES string of the molecule is CNc1cc(NCCc2ccc(F)cc2)nc(C(C)C)n1. The Morgan fingerprint density at radius 2 is 1.76 bits per heavy atom. The molecule has 0 aliphatic heterocycles. The van der Waals surface area contributed by atoms with E-state index in [0.717, 1.165) is 36.0 Å². The van der Waals surface area contributed by atoms with Crippen LogP contribution in [0.15, 0.2) is 30.3 Å². The summed E-state index contributed by atoms with van der Waals surface area (Å²) in [6.45, 7) is 4.87. The van der Waals surface area contributed by atoms with E-state index in [1.807, 2.05) is 13.1 Å². The van der Waals surface area contributed by atoms with Crippen molar-refractivity contribution in [2.24, 2.45) is 0 Å². The lowest BCUT2D eigenvalue weighted by molar-refractivity contribution is 0.627. The van der Waals surface area contributed by atoms with Crippen LogP contribution in [0.5, 0.6) is 0 Å². The lowest BCUT2D eigenvalue weighted by atomic mass is 10.1. The Kier molecular flexibility index (Phi) is 5.09. The average molecular weight is 288 g/mol. The minimum absolute atomic E-state index is 0.206. The first-order valence-electron chi connectivity index (χ1n) is 7.13. The molecule has 0 aliphatic carbocycles. The van der Waals surface area contributed by atoms with E-state index in [1.54, 1.807) is 12.1 Å². The molecule has 0 bridgehead atoms. The highest BCUT2D eigenvalue weighted by Gasteiger charge is 2.07. The molecule has 0 aliphatic rings. The first-order valence-corrected chi connectivity index (χ1v) is 7.13. The summed E-state index contributed by atoms with van der Waals surface area (Å²) in [5.41, 5.74) is 1.09. The van der Waals surface area contributed by atoms with E-state index in [-0.39, 0.29) is 11.7 Å². The number of nitrogens with zero attached hydrogens (tertiary/aromatic N) is 2. The zero-order valence-corrected chi connectivity index (χ0v) is 12.7. The Balaban J connectivity index is 1.99. The highest BCUT2D eigenvalue weighted by molar-refractivity contribution is 5.47. The Labute approximate surface area is 124 Å². The summed E-state index contributed by atoms with van der Waals surface area (Å²) in [5.74, 6) is 2.49. The van der Waals surface area contributed by atoms with Gasteiger partial charge in [-0.15, -0.1) is 0 Å². The average Bonchev–Trinajstić information content (AvgIpc) is 2.49. The Bertz CT molecular complexity index is 581. The lowest BCUT2D eigenvalue weighted by Crippen LogP contribution is -2.10. The van der Waals surface area contributed by atoms with Gasteiger partial charge in [-0.3, -0.25) is 0 Å². The van der Waals surface area contributed by atoms with Crippen molar-refractivity contribution in [3.8, 4) is 0 Å². The van der Waals surface area contributed by atoms with Crippen molar-refractivity contribution in [3.63, 3.8) is 0 Å². The largest absolute Gasteiger partial charge is 0.373 e. The van der Waals surface area contributed by atoms with Crippen LogP contribution >= 0.6 is 0 Å². The number of nitrogens with one attached hydrogen (secondary N) is 2. The van der Waals surface area contributed by atoms with E-state index in [0.29, 0.717) is 0 Å². The zero-order chi connectivity index (χ0) is 15.2. The second-order valence-corrected chi connectivity index (χ2v) is 5.20. The topological polar surface area (TPSA) is 49.8 Å². The molecule has 21 heavy (non-hydrogen) atoms. The van der Waals surface area contributed by atoms with Crippen LogP contribution in [-0.2, 0) is 6.42 Å². The number of benzene rings is 1. The molecule has 2 N–H and O–H groups in total. The first kappa shape index (κ1) is 15.2. The van der Waals surface area contributed by atoms with Crippen molar-refractivity contribution in [2.45, 2.75) is 26.2 Å². The highest BCUT2D eigenvalue weighted by Crippen LogP contribution is 2.16. The molecule has 0 unspecified atom stereocenters. The fraction of sp³-hybridized carbons (Fsp3) is 0.375. The van der Waals surface area contributed by atoms with Crippen LogP contribution < -0.4 is 10.6 Å². The van der Waals surface area contributed by atoms with E-state index < -0.39 is 0 Å². The third-order valence-electron chi connectivity index (χ3n) is 3.15. The van der Waals surface area contributed by atoms with Gasteiger partial charge < -0.3 is 10.6 Å². The van der Waals surface area contributed by atoms with Crippen molar-refractivity contribution >= 4 is 11.6 Å². The number of halogens is 1. The first-order chi connectivity index (χ1) is 10.1. The molecule has 0 spiro atoms. The summed E-state index contributed by atoms with van der Waals surface area (Å²) in [7, 11) is 1.84. The van der Waals surface area contributed by atoms with Crippen LogP contribution in [0.1, 0.15) is 31.2 Å². The maximum Gasteiger partial charge on any atom is 0.135 e. The lowest BCUT2D eigenvalue weighted by Gasteiger charge is -2.11. The van der Waals surface area contributed by atoms with Gasteiger partial charge in [0, 0.05) is 25.6 Å². The van der Waals surface area contributed by atoms with Crippen LogP contribution in [-0.4, -0.2) is 23.6 Å². The second kappa shape index (κ2) is 7.02. The number of hydrogen-bond acceptors (Lipinski definition) is 4.